The molecule has 1 aliphatic heterocycles. The van der Waals surface area contributed by atoms with Crippen LogP contribution in [0.1, 0.15) is 18.4 Å². The molecule has 0 bridgehead atoms. The van der Waals surface area contributed by atoms with E-state index >= 15 is 0 Å². The zero-order valence-electron chi connectivity index (χ0n) is 16.4. The standard InChI is InChI=1S/C23H22ClFN4O/c24-20-6-2-1-4-17(20)14-27-23(30)18-5-3-13-29(15-18)21-11-12-26-22(28-21)16-7-9-19(25)10-8-16/h1-2,4,6-12,18H,3,5,13-15H2,(H,27,30)/t18-/m1/s1. The zero-order valence-corrected chi connectivity index (χ0v) is 17.1. The Labute approximate surface area is 179 Å². The summed E-state index contributed by atoms with van der Waals surface area (Å²) in [5.41, 5.74) is 1.66. The number of carbonyl (C=O) groups excluding carboxylic acids is 1. The van der Waals surface area contributed by atoms with Crippen LogP contribution in [0.4, 0.5) is 10.2 Å². The number of carbonyl (C=O) groups is 1. The molecule has 0 unspecified atom stereocenters. The molecular formula is C23H22ClFN4O. The van der Waals surface area contributed by atoms with E-state index < -0.39 is 0 Å². The average molecular weight is 425 g/mol. The van der Waals surface area contributed by atoms with Crippen LogP contribution in [0.5, 0.6) is 0 Å². The third kappa shape index (κ3) is 4.76. The second-order valence-electron chi connectivity index (χ2n) is 7.34. The molecule has 1 aromatic heterocycles. The SMILES string of the molecule is O=C(NCc1ccccc1Cl)[C@@H]1CCCN(c2ccnc(-c3ccc(F)cc3)n2)C1. The van der Waals surface area contributed by atoms with Crippen LogP contribution >= 0.6 is 11.6 Å². The van der Waals surface area contributed by atoms with E-state index in [2.05, 4.69) is 20.2 Å². The Bertz CT molecular complexity index is 1030. The predicted molar refractivity (Wildman–Crippen MR) is 116 cm³/mol. The average Bonchev–Trinajstić information content (AvgIpc) is 2.79. The van der Waals surface area contributed by atoms with Gasteiger partial charge in [0.25, 0.3) is 0 Å². The van der Waals surface area contributed by atoms with Crippen molar-refractivity contribution in [3.63, 3.8) is 0 Å². The fourth-order valence-corrected chi connectivity index (χ4v) is 3.83. The first kappa shape index (κ1) is 20.3. The first-order valence-corrected chi connectivity index (χ1v) is 10.3. The Kier molecular flexibility index (Phi) is 6.23. The van der Waals surface area contributed by atoms with Gasteiger partial charge in [0.05, 0.1) is 5.92 Å². The summed E-state index contributed by atoms with van der Waals surface area (Å²) in [7, 11) is 0. The van der Waals surface area contributed by atoms with Gasteiger partial charge in [0.1, 0.15) is 11.6 Å². The van der Waals surface area contributed by atoms with Gasteiger partial charge < -0.3 is 10.2 Å². The van der Waals surface area contributed by atoms with E-state index in [-0.39, 0.29) is 17.6 Å². The molecule has 0 spiro atoms. The van der Waals surface area contributed by atoms with E-state index in [1.165, 1.54) is 12.1 Å². The molecule has 0 saturated carbocycles. The molecule has 1 atom stereocenters. The Morgan fingerprint density at radius 1 is 1.17 bits per heavy atom. The molecular weight excluding hydrogens is 403 g/mol. The van der Waals surface area contributed by atoms with Crippen LogP contribution in [0.25, 0.3) is 11.4 Å². The summed E-state index contributed by atoms with van der Waals surface area (Å²) in [6.07, 6.45) is 3.43. The number of aromatic nitrogens is 2. The maximum atomic E-state index is 13.2. The lowest BCUT2D eigenvalue weighted by molar-refractivity contribution is -0.125. The molecule has 7 heteroatoms. The van der Waals surface area contributed by atoms with E-state index in [4.69, 9.17) is 11.6 Å². The van der Waals surface area contributed by atoms with Crippen molar-refractivity contribution in [3.05, 3.63) is 77.2 Å². The summed E-state index contributed by atoms with van der Waals surface area (Å²) in [5, 5.41) is 3.66. The van der Waals surface area contributed by atoms with Crippen molar-refractivity contribution in [2.24, 2.45) is 5.92 Å². The quantitative estimate of drug-likeness (QED) is 0.656. The summed E-state index contributed by atoms with van der Waals surface area (Å²) in [5.74, 6) is 0.917. The third-order valence-corrected chi connectivity index (χ3v) is 5.64. The van der Waals surface area contributed by atoms with Crippen molar-refractivity contribution in [1.82, 2.24) is 15.3 Å². The molecule has 0 radical (unpaired) electrons. The van der Waals surface area contributed by atoms with Crippen LogP contribution in [0.2, 0.25) is 5.02 Å². The zero-order chi connectivity index (χ0) is 20.9. The number of rotatable bonds is 5. The maximum absolute atomic E-state index is 13.2. The monoisotopic (exact) mass is 424 g/mol. The number of amides is 1. The number of nitrogens with one attached hydrogen (secondary N) is 1. The molecule has 1 saturated heterocycles. The molecule has 3 aromatic rings. The lowest BCUT2D eigenvalue weighted by Crippen LogP contribution is -2.43. The summed E-state index contributed by atoms with van der Waals surface area (Å²) in [6.45, 7) is 1.83. The maximum Gasteiger partial charge on any atom is 0.225 e. The Hall–Kier alpha value is -2.99. The van der Waals surface area contributed by atoms with Crippen molar-refractivity contribution >= 4 is 23.3 Å². The molecule has 2 aromatic carbocycles. The van der Waals surface area contributed by atoms with Crippen LogP contribution in [-0.4, -0.2) is 29.0 Å². The minimum absolute atomic E-state index is 0.0208. The van der Waals surface area contributed by atoms with Gasteiger partial charge in [-0.2, -0.15) is 0 Å². The minimum Gasteiger partial charge on any atom is -0.356 e. The second kappa shape index (κ2) is 9.22. The van der Waals surface area contributed by atoms with Crippen molar-refractivity contribution in [3.8, 4) is 11.4 Å². The van der Waals surface area contributed by atoms with Crippen molar-refractivity contribution < 1.29 is 9.18 Å². The van der Waals surface area contributed by atoms with E-state index in [0.717, 1.165) is 36.3 Å². The fourth-order valence-electron chi connectivity index (χ4n) is 3.63. The van der Waals surface area contributed by atoms with Crippen LogP contribution in [0.15, 0.2) is 60.8 Å². The number of piperidine rings is 1. The van der Waals surface area contributed by atoms with Gasteiger partial charge in [0.2, 0.25) is 5.91 Å². The smallest absolute Gasteiger partial charge is 0.225 e. The number of halogens is 2. The largest absolute Gasteiger partial charge is 0.356 e. The van der Waals surface area contributed by atoms with Crippen LogP contribution in [-0.2, 0) is 11.3 Å². The number of anilines is 1. The molecule has 0 aliphatic carbocycles. The summed E-state index contributed by atoms with van der Waals surface area (Å²) < 4.78 is 13.2. The van der Waals surface area contributed by atoms with Crippen molar-refractivity contribution in [1.29, 1.82) is 0 Å². The third-order valence-electron chi connectivity index (χ3n) is 5.27. The molecule has 1 N–H and O–H groups in total. The highest BCUT2D eigenvalue weighted by Crippen LogP contribution is 2.24. The molecule has 1 amide bonds. The van der Waals surface area contributed by atoms with E-state index in [0.29, 0.717) is 23.9 Å². The van der Waals surface area contributed by atoms with E-state index in [1.54, 1.807) is 18.3 Å². The summed E-state index contributed by atoms with van der Waals surface area (Å²) in [6, 6.07) is 15.5. The first-order valence-electron chi connectivity index (χ1n) is 9.95. The minimum atomic E-state index is -0.295. The number of nitrogens with zero attached hydrogens (tertiary/aromatic N) is 3. The normalized spacial score (nSPS) is 16.3. The van der Waals surface area contributed by atoms with E-state index in [9.17, 15) is 9.18 Å². The second-order valence-corrected chi connectivity index (χ2v) is 7.75. The predicted octanol–water partition coefficient (Wildman–Crippen LogP) is 4.47. The molecule has 4 rings (SSSR count). The van der Waals surface area contributed by atoms with Gasteiger partial charge >= 0.3 is 0 Å². The highest BCUT2D eigenvalue weighted by Gasteiger charge is 2.26. The van der Waals surface area contributed by atoms with Gasteiger partial charge in [-0.15, -0.1) is 0 Å². The van der Waals surface area contributed by atoms with E-state index in [1.807, 2.05) is 30.3 Å². The van der Waals surface area contributed by atoms with Gasteiger partial charge in [-0.25, -0.2) is 14.4 Å². The number of hydrogen-bond acceptors (Lipinski definition) is 4. The lowest BCUT2D eigenvalue weighted by Gasteiger charge is -2.33. The lowest BCUT2D eigenvalue weighted by atomic mass is 9.97. The van der Waals surface area contributed by atoms with Gasteiger partial charge in [0.15, 0.2) is 5.82 Å². The van der Waals surface area contributed by atoms with Crippen LogP contribution in [0.3, 0.4) is 0 Å². The molecule has 2 heterocycles. The molecule has 5 nitrogen and oxygen atoms in total. The topological polar surface area (TPSA) is 58.1 Å². The molecule has 154 valence electrons. The Morgan fingerprint density at radius 2 is 1.97 bits per heavy atom. The van der Waals surface area contributed by atoms with Crippen molar-refractivity contribution in [2.75, 3.05) is 18.0 Å². The highest BCUT2D eigenvalue weighted by atomic mass is 35.5. The highest BCUT2D eigenvalue weighted by molar-refractivity contribution is 6.31. The van der Waals surface area contributed by atoms with Gasteiger partial charge in [0, 0.05) is 36.4 Å². The molecule has 1 fully saturated rings. The number of hydrogen-bond donors (Lipinski definition) is 1. The Morgan fingerprint density at radius 3 is 2.77 bits per heavy atom. The summed E-state index contributed by atoms with van der Waals surface area (Å²) >= 11 is 6.18. The van der Waals surface area contributed by atoms with Gasteiger partial charge in [-0.3, -0.25) is 4.79 Å². The Balaban J connectivity index is 1.42. The molecule has 1 aliphatic rings. The van der Waals surface area contributed by atoms with Gasteiger partial charge in [-0.1, -0.05) is 29.8 Å². The van der Waals surface area contributed by atoms with Crippen molar-refractivity contribution in [2.45, 2.75) is 19.4 Å². The number of benzene rings is 2. The summed E-state index contributed by atoms with van der Waals surface area (Å²) in [4.78, 5) is 23.8. The van der Waals surface area contributed by atoms with Crippen LogP contribution in [0, 0.1) is 11.7 Å². The first-order chi connectivity index (χ1) is 14.6. The molecule has 30 heavy (non-hydrogen) atoms. The van der Waals surface area contributed by atoms with Gasteiger partial charge in [-0.05, 0) is 54.8 Å². The van der Waals surface area contributed by atoms with Crippen LogP contribution < -0.4 is 10.2 Å². The fraction of sp³-hybridized carbons (Fsp3) is 0.261.